The summed E-state index contributed by atoms with van der Waals surface area (Å²) in [4.78, 5) is 34.5. The van der Waals surface area contributed by atoms with Crippen molar-refractivity contribution in [1.29, 1.82) is 0 Å². The van der Waals surface area contributed by atoms with Gasteiger partial charge in [-0.15, -0.1) is 0 Å². The van der Waals surface area contributed by atoms with E-state index in [-0.39, 0.29) is 12.3 Å². The summed E-state index contributed by atoms with van der Waals surface area (Å²) < 4.78 is 0. The Bertz CT molecular complexity index is 621. The van der Waals surface area contributed by atoms with Crippen LogP contribution in [0.3, 0.4) is 0 Å². The molecular formula is C17H23N3O4. The van der Waals surface area contributed by atoms with E-state index in [4.69, 9.17) is 5.11 Å². The molecule has 7 heteroatoms. The first-order chi connectivity index (χ1) is 11.2. The van der Waals surface area contributed by atoms with Crippen LogP contribution < -0.4 is 16.0 Å². The minimum Gasteiger partial charge on any atom is -0.481 e. The van der Waals surface area contributed by atoms with Crippen LogP contribution in [-0.2, 0) is 4.79 Å². The monoisotopic (exact) mass is 333 g/mol. The lowest BCUT2D eigenvalue weighted by molar-refractivity contribution is -0.137. The Hall–Kier alpha value is -2.57. The molecule has 1 aromatic rings. The number of aliphatic carboxylic acids is 1. The molecule has 7 nitrogen and oxygen atoms in total. The summed E-state index contributed by atoms with van der Waals surface area (Å²) in [6, 6.07) is 6.51. The van der Waals surface area contributed by atoms with Crippen molar-refractivity contribution in [3.63, 3.8) is 0 Å². The van der Waals surface area contributed by atoms with E-state index >= 15 is 0 Å². The highest BCUT2D eigenvalue weighted by atomic mass is 16.4. The number of benzene rings is 1. The van der Waals surface area contributed by atoms with Crippen molar-refractivity contribution in [2.45, 2.75) is 51.1 Å². The van der Waals surface area contributed by atoms with Crippen LogP contribution in [0.1, 0.15) is 49.9 Å². The summed E-state index contributed by atoms with van der Waals surface area (Å²) in [7, 11) is 0. The SMILES string of the molecule is CC(C)(CCC(=O)O)NC(=O)Nc1ccc(C(=O)NC2CC2)cc1. The topological polar surface area (TPSA) is 108 Å². The third-order valence-corrected chi connectivity index (χ3v) is 3.73. The molecule has 1 saturated carbocycles. The molecule has 24 heavy (non-hydrogen) atoms. The molecule has 0 aliphatic heterocycles. The zero-order valence-electron chi connectivity index (χ0n) is 13.9. The van der Waals surface area contributed by atoms with Crippen molar-refractivity contribution in [2.24, 2.45) is 0 Å². The molecule has 0 heterocycles. The van der Waals surface area contributed by atoms with Crippen LogP contribution in [0, 0.1) is 0 Å². The molecule has 1 fully saturated rings. The first-order valence-corrected chi connectivity index (χ1v) is 7.97. The first kappa shape index (κ1) is 17.8. The van der Waals surface area contributed by atoms with Gasteiger partial charge in [0.1, 0.15) is 0 Å². The van der Waals surface area contributed by atoms with E-state index in [2.05, 4.69) is 16.0 Å². The molecule has 3 amide bonds. The zero-order chi connectivity index (χ0) is 17.7. The number of amides is 3. The molecule has 1 aliphatic carbocycles. The summed E-state index contributed by atoms with van der Waals surface area (Å²) in [5, 5.41) is 17.0. The molecule has 0 saturated heterocycles. The Labute approximate surface area is 140 Å². The van der Waals surface area contributed by atoms with Gasteiger partial charge in [0.05, 0.1) is 0 Å². The number of carbonyl (C=O) groups is 3. The number of hydrogen-bond donors (Lipinski definition) is 4. The van der Waals surface area contributed by atoms with Crippen molar-refractivity contribution < 1.29 is 19.5 Å². The molecule has 0 unspecified atom stereocenters. The van der Waals surface area contributed by atoms with Crippen molar-refractivity contribution in [3.8, 4) is 0 Å². The van der Waals surface area contributed by atoms with Crippen LogP contribution in [0.2, 0.25) is 0 Å². The smallest absolute Gasteiger partial charge is 0.319 e. The normalized spacial score (nSPS) is 13.9. The van der Waals surface area contributed by atoms with Crippen molar-refractivity contribution in [2.75, 3.05) is 5.32 Å². The predicted molar refractivity (Wildman–Crippen MR) is 90.0 cm³/mol. The standard InChI is InChI=1S/C17H23N3O4/c1-17(2,10-9-14(21)22)20-16(24)19-13-5-3-11(4-6-13)15(23)18-12-7-8-12/h3-6,12H,7-10H2,1-2H3,(H,18,23)(H,21,22)(H2,19,20,24). The fraction of sp³-hybridized carbons (Fsp3) is 0.471. The summed E-state index contributed by atoms with van der Waals surface area (Å²) in [5.74, 6) is -1.01. The summed E-state index contributed by atoms with van der Waals surface area (Å²) >= 11 is 0. The Morgan fingerprint density at radius 3 is 2.33 bits per heavy atom. The van der Waals surface area contributed by atoms with Gasteiger partial charge < -0.3 is 21.1 Å². The van der Waals surface area contributed by atoms with Gasteiger partial charge >= 0.3 is 12.0 Å². The fourth-order valence-electron chi connectivity index (χ4n) is 2.15. The number of urea groups is 1. The van der Waals surface area contributed by atoms with Crippen LogP contribution in [-0.4, -0.2) is 34.6 Å². The molecule has 4 N–H and O–H groups in total. The number of carboxylic acid groups (broad SMARTS) is 1. The number of nitrogens with one attached hydrogen (secondary N) is 3. The van der Waals surface area contributed by atoms with E-state index < -0.39 is 17.5 Å². The van der Waals surface area contributed by atoms with Gasteiger partial charge in [-0.1, -0.05) is 0 Å². The van der Waals surface area contributed by atoms with E-state index in [1.807, 2.05) is 0 Å². The van der Waals surface area contributed by atoms with Gasteiger partial charge in [-0.25, -0.2) is 4.79 Å². The number of rotatable bonds is 7. The largest absolute Gasteiger partial charge is 0.481 e. The lowest BCUT2D eigenvalue weighted by Gasteiger charge is -2.25. The van der Waals surface area contributed by atoms with Gasteiger partial charge in [-0.05, 0) is 57.4 Å². The van der Waals surface area contributed by atoms with Crippen LogP contribution >= 0.6 is 0 Å². The van der Waals surface area contributed by atoms with Gasteiger partial charge in [-0.2, -0.15) is 0 Å². The van der Waals surface area contributed by atoms with Crippen molar-refractivity contribution >= 4 is 23.6 Å². The Kier molecular flexibility index (Phi) is 5.43. The number of anilines is 1. The van der Waals surface area contributed by atoms with E-state index in [9.17, 15) is 14.4 Å². The summed E-state index contributed by atoms with van der Waals surface area (Å²) in [5.41, 5.74) is 0.478. The summed E-state index contributed by atoms with van der Waals surface area (Å²) in [6.07, 6.45) is 2.38. The van der Waals surface area contributed by atoms with E-state index in [0.717, 1.165) is 12.8 Å². The Morgan fingerprint density at radius 1 is 1.17 bits per heavy atom. The lowest BCUT2D eigenvalue weighted by Crippen LogP contribution is -2.45. The van der Waals surface area contributed by atoms with Crippen LogP contribution in [0.5, 0.6) is 0 Å². The van der Waals surface area contributed by atoms with Crippen LogP contribution in [0.25, 0.3) is 0 Å². The maximum Gasteiger partial charge on any atom is 0.319 e. The molecule has 0 radical (unpaired) electrons. The second-order valence-corrected chi connectivity index (χ2v) is 6.68. The minimum atomic E-state index is -0.898. The predicted octanol–water partition coefficient (Wildman–Crippen LogP) is 2.34. The highest BCUT2D eigenvalue weighted by Gasteiger charge is 2.24. The second kappa shape index (κ2) is 7.33. The van der Waals surface area contributed by atoms with E-state index in [1.54, 1.807) is 38.1 Å². The molecule has 0 atom stereocenters. The maximum absolute atomic E-state index is 12.0. The van der Waals surface area contributed by atoms with Gasteiger partial charge in [0, 0.05) is 29.3 Å². The minimum absolute atomic E-state index is 0.0158. The maximum atomic E-state index is 12.0. The molecule has 0 bridgehead atoms. The first-order valence-electron chi connectivity index (χ1n) is 7.97. The van der Waals surface area contributed by atoms with E-state index in [0.29, 0.717) is 23.7 Å². The molecule has 1 aliphatic rings. The van der Waals surface area contributed by atoms with Gasteiger partial charge in [-0.3, -0.25) is 9.59 Å². The quantitative estimate of drug-likeness (QED) is 0.614. The van der Waals surface area contributed by atoms with Crippen LogP contribution in [0.4, 0.5) is 10.5 Å². The van der Waals surface area contributed by atoms with E-state index in [1.165, 1.54) is 0 Å². The molecule has 0 aromatic heterocycles. The zero-order valence-corrected chi connectivity index (χ0v) is 13.9. The van der Waals surface area contributed by atoms with Gasteiger partial charge in [0.25, 0.3) is 5.91 Å². The van der Waals surface area contributed by atoms with Crippen LogP contribution in [0.15, 0.2) is 24.3 Å². The Morgan fingerprint density at radius 2 is 1.79 bits per heavy atom. The fourth-order valence-corrected chi connectivity index (χ4v) is 2.15. The summed E-state index contributed by atoms with van der Waals surface area (Å²) in [6.45, 7) is 3.53. The highest BCUT2D eigenvalue weighted by Crippen LogP contribution is 2.19. The molecule has 2 rings (SSSR count). The average molecular weight is 333 g/mol. The number of carbonyl (C=O) groups excluding carboxylic acids is 2. The molecule has 1 aromatic carbocycles. The highest BCUT2D eigenvalue weighted by molar-refractivity contribution is 5.96. The Balaban J connectivity index is 1.84. The lowest BCUT2D eigenvalue weighted by atomic mass is 9.99. The third kappa shape index (κ3) is 5.91. The third-order valence-electron chi connectivity index (χ3n) is 3.73. The number of hydrogen-bond acceptors (Lipinski definition) is 3. The van der Waals surface area contributed by atoms with Gasteiger partial charge in [0.2, 0.25) is 0 Å². The second-order valence-electron chi connectivity index (χ2n) is 6.68. The average Bonchev–Trinajstić information content (AvgIpc) is 3.29. The number of carboxylic acids is 1. The molecular weight excluding hydrogens is 310 g/mol. The van der Waals surface area contributed by atoms with Gasteiger partial charge in [0.15, 0.2) is 0 Å². The molecule has 130 valence electrons. The van der Waals surface area contributed by atoms with Crippen molar-refractivity contribution in [1.82, 2.24) is 10.6 Å². The molecule has 0 spiro atoms. The van der Waals surface area contributed by atoms with Crippen molar-refractivity contribution in [3.05, 3.63) is 29.8 Å².